The van der Waals surface area contributed by atoms with E-state index in [0.717, 1.165) is 16.1 Å². The fourth-order valence-corrected chi connectivity index (χ4v) is 5.85. The molecule has 0 heterocycles. The van der Waals surface area contributed by atoms with Gasteiger partial charge >= 0.3 is 0 Å². The third-order valence-corrected chi connectivity index (χ3v) is 9.03. The lowest BCUT2D eigenvalue weighted by Crippen LogP contribution is -2.54. The Morgan fingerprint density at radius 3 is 2.10 bits per heavy atom. The van der Waals surface area contributed by atoms with Crippen molar-refractivity contribution in [2.24, 2.45) is 0 Å². The maximum absolute atomic E-state index is 14.1. The molecular weight excluding hydrogens is 628 g/mol. The molecule has 0 saturated carbocycles. The minimum atomic E-state index is -4.03. The van der Waals surface area contributed by atoms with Crippen LogP contribution in [0.1, 0.15) is 31.4 Å². The van der Waals surface area contributed by atoms with Crippen molar-refractivity contribution in [1.82, 2.24) is 10.2 Å². The molecule has 2 atom stereocenters. The van der Waals surface area contributed by atoms with E-state index in [1.165, 1.54) is 17.0 Å². The normalized spacial score (nSPS) is 12.9. The van der Waals surface area contributed by atoms with Crippen molar-refractivity contribution in [3.05, 3.63) is 97.9 Å². The SMILES string of the molecule is CC[C@H](C)NC(=O)[C@@H](Cc1ccccc1)N(Cc1ccccc1Cl)C(=O)CN(c1cc(Cl)c(Cl)cc1Cl)S(C)(=O)=O. The van der Waals surface area contributed by atoms with Crippen molar-refractivity contribution in [2.45, 2.75) is 45.3 Å². The zero-order valence-corrected chi connectivity index (χ0v) is 26.6. The highest BCUT2D eigenvalue weighted by molar-refractivity contribution is 7.92. The standard InChI is InChI=1S/C29H31Cl4N3O4S/c1-4-19(2)34-29(38)27(14-20-10-6-5-7-11-20)35(17-21-12-8-9-13-22(21)30)28(37)18-36(41(3,39)40)26-16-24(32)23(31)15-25(26)33/h5-13,15-16,19,27H,4,14,17-18H2,1-3H3,(H,34,38)/t19-,27+/m0/s1. The molecule has 0 aliphatic carbocycles. The van der Waals surface area contributed by atoms with Gasteiger partial charge in [0.05, 0.1) is 27.0 Å². The summed E-state index contributed by atoms with van der Waals surface area (Å²) in [5.41, 5.74) is 1.40. The van der Waals surface area contributed by atoms with Gasteiger partial charge in [-0.3, -0.25) is 13.9 Å². The molecule has 0 saturated heterocycles. The molecule has 220 valence electrons. The minimum absolute atomic E-state index is 0.00868. The molecule has 0 aliphatic heterocycles. The van der Waals surface area contributed by atoms with Crippen LogP contribution < -0.4 is 9.62 Å². The van der Waals surface area contributed by atoms with Gasteiger partial charge in [-0.05, 0) is 42.7 Å². The maximum Gasteiger partial charge on any atom is 0.244 e. The van der Waals surface area contributed by atoms with E-state index < -0.39 is 28.5 Å². The highest BCUT2D eigenvalue weighted by Crippen LogP contribution is 2.36. The van der Waals surface area contributed by atoms with E-state index in [1.54, 1.807) is 24.3 Å². The lowest BCUT2D eigenvalue weighted by atomic mass is 10.0. The van der Waals surface area contributed by atoms with Crippen molar-refractivity contribution in [1.29, 1.82) is 0 Å². The summed E-state index contributed by atoms with van der Waals surface area (Å²) in [4.78, 5) is 29.2. The van der Waals surface area contributed by atoms with Gasteiger partial charge in [-0.15, -0.1) is 0 Å². The first-order valence-electron chi connectivity index (χ1n) is 12.8. The van der Waals surface area contributed by atoms with Gasteiger partial charge in [0.15, 0.2) is 0 Å². The molecule has 1 N–H and O–H groups in total. The lowest BCUT2D eigenvalue weighted by Gasteiger charge is -2.34. The van der Waals surface area contributed by atoms with E-state index in [-0.39, 0.29) is 45.7 Å². The van der Waals surface area contributed by atoms with Crippen LogP contribution in [0.25, 0.3) is 0 Å². The van der Waals surface area contributed by atoms with Gasteiger partial charge in [-0.25, -0.2) is 8.42 Å². The smallest absolute Gasteiger partial charge is 0.244 e. The highest BCUT2D eigenvalue weighted by Gasteiger charge is 2.34. The number of hydrogen-bond donors (Lipinski definition) is 1. The molecule has 2 amide bonds. The summed E-state index contributed by atoms with van der Waals surface area (Å²) in [5, 5.41) is 3.56. The Kier molecular flexibility index (Phi) is 11.8. The number of rotatable bonds is 12. The van der Waals surface area contributed by atoms with Crippen LogP contribution in [0.15, 0.2) is 66.7 Å². The maximum atomic E-state index is 14.1. The Morgan fingerprint density at radius 2 is 1.49 bits per heavy atom. The summed E-state index contributed by atoms with van der Waals surface area (Å²) >= 11 is 25.0. The number of carbonyl (C=O) groups excluding carboxylic acids is 2. The van der Waals surface area contributed by atoms with Gasteiger partial charge in [0.25, 0.3) is 0 Å². The Hall–Kier alpha value is -2.49. The average Bonchev–Trinajstić information content (AvgIpc) is 2.92. The number of benzene rings is 3. The Balaban J connectivity index is 2.11. The molecule has 0 radical (unpaired) electrons. The van der Waals surface area contributed by atoms with Crippen molar-refractivity contribution in [3.8, 4) is 0 Å². The molecular formula is C29H31Cl4N3O4S. The first-order valence-corrected chi connectivity index (χ1v) is 16.2. The number of anilines is 1. The van der Waals surface area contributed by atoms with Crippen molar-refractivity contribution < 1.29 is 18.0 Å². The van der Waals surface area contributed by atoms with Crippen LogP contribution in [-0.4, -0.2) is 50.0 Å². The van der Waals surface area contributed by atoms with E-state index >= 15 is 0 Å². The van der Waals surface area contributed by atoms with Crippen LogP contribution in [0.4, 0.5) is 5.69 Å². The fraction of sp³-hybridized carbons (Fsp3) is 0.310. The van der Waals surface area contributed by atoms with Crippen LogP contribution in [0.3, 0.4) is 0 Å². The second kappa shape index (κ2) is 14.6. The van der Waals surface area contributed by atoms with Gasteiger partial charge in [-0.2, -0.15) is 0 Å². The van der Waals surface area contributed by atoms with Crippen LogP contribution >= 0.6 is 46.4 Å². The van der Waals surface area contributed by atoms with E-state index in [4.69, 9.17) is 46.4 Å². The summed E-state index contributed by atoms with van der Waals surface area (Å²) in [6.07, 6.45) is 1.82. The monoisotopic (exact) mass is 657 g/mol. The highest BCUT2D eigenvalue weighted by atomic mass is 35.5. The molecule has 0 spiro atoms. The predicted molar refractivity (Wildman–Crippen MR) is 167 cm³/mol. The quantitative estimate of drug-likeness (QED) is 0.222. The zero-order valence-electron chi connectivity index (χ0n) is 22.8. The second-order valence-corrected chi connectivity index (χ2v) is 13.2. The largest absolute Gasteiger partial charge is 0.352 e. The second-order valence-electron chi connectivity index (χ2n) is 9.62. The summed E-state index contributed by atoms with van der Waals surface area (Å²) in [5.74, 6) is -1.01. The summed E-state index contributed by atoms with van der Waals surface area (Å²) in [6, 6.07) is 17.7. The first-order chi connectivity index (χ1) is 19.3. The summed E-state index contributed by atoms with van der Waals surface area (Å²) < 4.78 is 26.8. The van der Waals surface area contributed by atoms with Gasteiger partial charge in [0, 0.05) is 24.0 Å². The molecule has 12 heteroatoms. The van der Waals surface area contributed by atoms with E-state index in [0.29, 0.717) is 17.0 Å². The first kappa shape index (κ1) is 33.0. The van der Waals surface area contributed by atoms with E-state index in [2.05, 4.69) is 5.32 Å². The lowest BCUT2D eigenvalue weighted by molar-refractivity contribution is -0.140. The van der Waals surface area contributed by atoms with Crippen molar-refractivity contribution in [2.75, 3.05) is 17.1 Å². The fourth-order valence-electron chi connectivity index (χ4n) is 4.10. The summed E-state index contributed by atoms with van der Waals surface area (Å²) in [6.45, 7) is 3.11. The third-order valence-electron chi connectivity index (χ3n) is 6.51. The minimum Gasteiger partial charge on any atom is -0.352 e. The van der Waals surface area contributed by atoms with Gasteiger partial charge in [0.1, 0.15) is 12.6 Å². The van der Waals surface area contributed by atoms with Crippen LogP contribution in [-0.2, 0) is 32.6 Å². The molecule has 41 heavy (non-hydrogen) atoms. The van der Waals surface area contributed by atoms with Gasteiger partial charge in [0.2, 0.25) is 21.8 Å². The number of hydrogen-bond acceptors (Lipinski definition) is 4. The Morgan fingerprint density at radius 1 is 0.878 bits per heavy atom. The van der Waals surface area contributed by atoms with E-state index in [1.807, 2.05) is 44.2 Å². The topological polar surface area (TPSA) is 86.8 Å². The number of sulfonamides is 1. The molecule has 0 bridgehead atoms. The molecule has 0 fully saturated rings. The molecule has 3 aromatic carbocycles. The van der Waals surface area contributed by atoms with Crippen molar-refractivity contribution in [3.63, 3.8) is 0 Å². The van der Waals surface area contributed by atoms with Crippen LogP contribution in [0.2, 0.25) is 20.1 Å². The van der Waals surface area contributed by atoms with Crippen LogP contribution in [0, 0.1) is 0 Å². The molecule has 7 nitrogen and oxygen atoms in total. The van der Waals surface area contributed by atoms with Crippen molar-refractivity contribution >= 4 is 73.9 Å². The number of halogens is 4. The predicted octanol–water partition coefficient (Wildman–Crippen LogP) is 6.62. The Labute approximate surface area is 261 Å². The van der Waals surface area contributed by atoms with Gasteiger partial charge < -0.3 is 10.2 Å². The average molecular weight is 659 g/mol. The number of amides is 2. The number of nitrogens with one attached hydrogen (secondary N) is 1. The van der Waals surface area contributed by atoms with Gasteiger partial charge in [-0.1, -0.05) is 102 Å². The zero-order chi connectivity index (χ0) is 30.3. The van der Waals surface area contributed by atoms with Crippen LogP contribution in [0.5, 0.6) is 0 Å². The number of nitrogens with zero attached hydrogens (tertiary/aromatic N) is 2. The Bertz CT molecular complexity index is 1490. The molecule has 3 rings (SSSR count). The summed E-state index contributed by atoms with van der Waals surface area (Å²) in [7, 11) is -4.03. The molecule has 0 unspecified atom stereocenters. The molecule has 3 aromatic rings. The number of carbonyl (C=O) groups is 2. The third kappa shape index (κ3) is 9.00. The molecule has 0 aromatic heterocycles. The molecule has 0 aliphatic rings. The van der Waals surface area contributed by atoms with E-state index in [9.17, 15) is 18.0 Å².